The SMILES string of the molecule is CCOC(=O)[C@@]1(c2ccccc2)N[C@@H](c2ccc(O)c(OC)c2)[C@H]2C(=O)N(c3ccccc3)C(=O)[C@H]21. The number of imide groups is 1. The summed E-state index contributed by atoms with van der Waals surface area (Å²) in [6.45, 7) is 1.80. The van der Waals surface area contributed by atoms with E-state index in [4.69, 9.17) is 9.47 Å². The van der Waals surface area contributed by atoms with Gasteiger partial charge in [0.15, 0.2) is 17.0 Å². The summed E-state index contributed by atoms with van der Waals surface area (Å²) in [4.78, 5) is 42.9. The largest absolute Gasteiger partial charge is 0.504 e. The van der Waals surface area contributed by atoms with E-state index in [9.17, 15) is 19.5 Å². The molecule has 184 valence electrons. The number of nitrogens with zero attached hydrogens (tertiary/aromatic N) is 1. The third-order valence-electron chi connectivity index (χ3n) is 6.96. The molecule has 2 aliphatic rings. The highest BCUT2D eigenvalue weighted by Gasteiger charge is 2.69. The molecular weight excluding hydrogens is 460 g/mol. The monoisotopic (exact) mass is 486 g/mol. The van der Waals surface area contributed by atoms with Crippen LogP contribution in [0.5, 0.6) is 11.5 Å². The van der Waals surface area contributed by atoms with E-state index in [0.717, 1.165) is 4.90 Å². The van der Waals surface area contributed by atoms with Crippen LogP contribution in [0.15, 0.2) is 78.9 Å². The number of fused-ring (bicyclic) bond motifs is 1. The van der Waals surface area contributed by atoms with Crippen molar-refractivity contribution in [3.05, 3.63) is 90.0 Å². The van der Waals surface area contributed by atoms with Crippen LogP contribution in [0.1, 0.15) is 24.1 Å². The number of esters is 1. The van der Waals surface area contributed by atoms with Crippen LogP contribution in [-0.2, 0) is 24.7 Å². The summed E-state index contributed by atoms with van der Waals surface area (Å²) in [6, 6.07) is 21.6. The second-order valence-corrected chi connectivity index (χ2v) is 8.80. The maximum Gasteiger partial charge on any atom is 0.331 e. The van der Waals surface area contributed by atoms with E-state index >= 15 is 0 Å². The van der Waals surface area contributed by atoms with Crippen LogP contribution in [0, 0.1) is 11.8 Å². The summed E-state index contributed by atoms with van der Waals surface area (Å²) in [6.07, 6.45) is 0. The lowest BCUT2D eigenvalue weighted by Crippen LogP contribution is -2.54. The summed E-state index contributed by atoms with van der Waals surface area (Å²) in [5, 5.41) is 13.5. The quantitative estimate of drug-likeness (QED) is 0.407. The Morgan fingerprint density at radius 3 is 2.31 bits per heavy atom. The van der Waals surface area contributed by atoms with E-state index in [0.29, 0.717) is 16.8 Å². The third-order valence-corrected chi connectivity index (χ3v) is 6.96. The number of aromatic hydroxyl groups is 1. The highest BCUT2D eigenvalue weighted by Crippen LogP contribution is 2.54. The fourth-order valence-electron chi connectivity index (χ4n) is 5.43. The zero-order chi connectivity index (χ0) is 25.4. The molecule has 0 spiro atoms. The minimum Gasteiger partial charge on any atom is -0.504 e. The summed E-state index contributed by atoms with van der Waals surface area (Å²) in [7, 11) is 1.43. The molecule has 0 aromatic heterocycles. The van der Waals surface area contributed by atoms with Crippen molar-refractivity contribution >= 4 is 23.5 Å². The Morgan fingerprint density at radius 1 is 1.00 bits per heavy atom. The van der Waals surface area contributed by atoms with Gasteiger partial charge >= 0.3 is 5.97 Å². The van der Waals surface area contributed by atoms with Gasteiger partial charge in [0.05, 0.1) is 31.2 Å². The first-order valence-electron chi connectivity index (χ1n) is 11.7. The van der Waals surface area contributed by atoms with Crippen molar-refractivity contribution in [2.24, 2.45) is 11.8 Å². The summed E-state index contributed by atoms with van der Waals surface area (Å²) in [5.74, 6) is -3.33. The number of methoxy groups -OCH3 is 1. The van der Waals surface area contributed by atoms with Gasteiger partial charge in [-0.25, -0.2) is 9.69 Å². The van der Waals surface area contributed by atoms with Crippen molar-refractivity contribution in [1.29, 1.82) is 0 Å². The molecule has 0 radical (unpaired) electrons. The van der Waals surface area contributed by atoms with E-state index in [1.165, 1.54) is 13.2 Å². The van der Waals surface area contributed by atoms with Crippen LogP contribution in [0.2, 0.25) is 0 Å². The predicted octanol–water partition coefficient (Wildman–Crippen LogP) is 3.31. The molecule has 2 aliphatic heterocycles. The molecule has 36 heavy (non-hydrogen) atoms. The second-order valence-electron chi connectivity index (χ2n) is 8.80. The van der Waals surface area contributed by atoms with Crippen LogP contribution < -0.4 is 15.0 Å². The Balaban J connectivity index is 1.73. The zero-order valence-electron chi connectivity index (χ0n) is 19.9. The minimum absolute atomic E-state index is 0.0600. The molecule has 0 bridgehead atoms. The molecule has 4 atom stereocenters. The van der Waals surface area contributed by atoms with E-state index in [1.807, 2.05) is 6.07 Å². The number of anilines is 1. The van der Waals surface area contributed by atoms with Crippen LogP contribution in [-0.4, -0.2) is 36.6 Å². The lowest BCUT2D eigenvalue weighted by atomic mass is 9.75. The zero-order valence-corrected chi connectivity index (χ0v) is 19.9. The summed E-state index contributed by atoms with van der Waals surface area (Å²) >= 11 is 0. The van der Waals surface area contributed by atoms with Gasteiger partial charge in [0.2, 0.25) is 11.8 Å². The van der Waals surface area contributed by atoms with Crippen LogP contribution in [0.3, 0.4) is 0 Å². The number of rotatable bonds is 6. The predicted molar refractivity (Wildman–Crippen MR) is 131 cm³/mol. The van der Waals surface area contributed by atoms with Gasteiger partial charge in [0.25, 0.3) is 0 Å². The molecule has 0 unspecified atom stereocenters. The van der Waals surface area contributed by atoms with Gasteiger partial charge in [0, 0.05) is 6.04 Å². The van der Waals surface area contributed by atoms with Crippen LogP contribution in [0.4, 0.5) is 5.69 Å². The Morgan fingerprint density at radius 2 is 1.67 bits per heavy atom. The maximum atomic E-state index is 14.0. The number of benzene rings is 3. The number of hydrogen-bond donors (Lipinski definition) is 2. The van der Waals surface area contributed by atoms with Crippen molar-refractivity contribution in [3.8, 4) is 11.5 Å². The molecule has 8 heteroatoms. The van der Waals surface area contributed by atoms with E-state index < -0.39 is 41.2 Å². The molecule has 3 aromatic carbocycles. The number of para-hydroxylation sites is 1. The molecule has 5 rings (SSSR count). The number of ether oxygens (including phenoxy) is 2. The maximum absolute atomic E-state index is 14.0. The number of amides is 2. The Bertz CT molecular complexity index is 1310. The van der Waals surface area contributed by atoms with Gasteiger partial charge in [0.1, 0.15) is 0 Å². The van der Waals surface area contributed by atoms with Gasteiger partial charge in [-0.3, -0.25) is 14.9 Å². The molecule has 8 nitrogen and oxygen atoms in total. The smallest absolute Gasteiger partial charge is 0.331 e. The molecule has 2 N–H and O–H groups in total. The van der Waals surface area contributed by atoms with E-state index in [2.05, 4.69) is 5.32 Å². The summed E-state index contributed by atoms with van der Waals surface area (Å²) in [5.41, 5.74) is -0.0381. The summed E-state index contributed by atoms with van der Waals surface area (Å²) < 4.78 is 10.8. The molecule has 2 saturated heterocycles. The van der Waals surface area contributed by atoms with E-state index in [-0.39, 0.29) is 18.1 Å². The third kappa shape index (κ3) is 3.45. The fraction of sp³-hybridized carbons (Fsp3) is 0.250. The van der Waals surface area contributed by atoms with Crippen molar-refractivity contribution < 1.29 is 29.0 Å². The first-order valence-corrected chi connectivity index (χ1v) is 11.7. The molecule has 0 aliphatic carbocycles. The lowest BCUT2D eigenvalue weighted by Gasteiger charge is -2.33. The van der Waals surface area contributed by atoms with Gasteiger partial charge in [-0.1, -0.05) is 54.6 Å². The number of hydrogen-bond acceptors (Lipinski definition) is 7. The first kappa shape index (κ1) is 23.6. The average molecular weight is 487 g/mol. The minimum atomic E-state index is -1.60. The Kier molecular flexibility index (Phi) is 5.97. The van der Waals surface area contributed by atoms with Crippen molar-refractivity contribution in [3.63, 3.8) is 0 Å². The fourth-order valence-corrected chi connectivity index (χ4v) is 5.43. The second kappa shape index (κ2) is 9.13. The van der Waals surface area contributed by atoms with Crippen LogP contribution >= 0.6 is 0 Å². The van der Waals surface area contributed by atoms with Crippen molar-refractivity contribution in [2.75, 3.05) is 18.6 Å². The number of phenols is 1. The Labute approximate surface area is 208 Å². The van der Waals surface area contributed by atoms with E-state index in [1.54, 1.807) is 73.7 Å². The van der Waals surface area contributed by atoms with Crippen molar-refractivity contribution in [1.82, 2.24) is 5.32 Å². The highest BCUT2D eigenvalue weighted by atomic mass is 16.5. The number of phenolic OH excluding ortho intramolecular Hbond substituents is 1. The number of nitrogens with one attached hydrogen (secondary N) is 1. The highest BCUT2D eigenvalue weighted by molar-refractivity contribution is 6.24. The topological polar surface area (TPSA) is 105 Å². The van der Waals surface area contributed by atoms with Gasteiger partial charge in [-0.05, 0) is 42.3 Å². The Hall–Kier alpha value is -4.17. The van der Waals surface area contributed by atoms with Crippen molar-refractivity contribution in [2.45, 2.75) is 18.5 Å². The van der Waals surface area contributed by atoms with Gasteiger partial charge in [-0.15, -0.1) is 0 Å². The molecule has 0 saturated carbocycles. The average Bonchev–Trinajstić information content (AvgIpc) is 3.40. The molecule has 2 amide bonds. The molecule has 3 aromatic rings. The number of carbonyl (C=O) groups excluding carboxylic acids is 3. The number of carbonyl (C=O) groups is 3. The standard InChI is InChI=1S/C28H26N2O6/c1-3-36-27(34)28(18-10-6-4-7-11-18)23-22(24(29-28)17-14-15-20(31)21(16-17)35-2)25(32)30(26(23)33)19-12-8-5-9-13-19/h4-16,22-24,29,31H,3H2,1-2H3/t22-,23-,24-,28-/m0/s1. The normalized spacial score (nSPS) is 25.1. The molecule has 2 heterocycles. The van der Waals surface area contributed by atoms with Gasteiger partial charge < -0.3 is 14.6 Å². The van der Waals surface area contributed by atoms with Crippen LogP contribution in [0.25, 0.3) is 0 Å². The first-order chi connectivity index (χ1) is 17.4. The van der Waals surface area contributed by atoms with Gasteiger partial charge in [-0.2, -0.15) is 0 Å². The lowest BCUT2D eigenvalue weighted by molar-refractivity contribution is -0.155. The molecular formula is C28H26N2O6. The molecule has 2 fully saturated rings.